The molecule has 1 heterocycles. The Kier molecular flexibility index (Phi) is 5.37. The molecule has 2 rings (SSSR count). The van der Waals surface area contributed by atoms with Gasteiger partial charge in [-0.1, -0.05) is 5.11 Å². The maximum atomic E-state index is 10.5. The summed E-state index contributed by atoms with van der Waals surface area (Å²) in [5.74, 6) is -0.116. The lowest BCUT2D eigenvalue weighted by molar-refractivity contribution is 0.195. The summed E-state index contributed by atoms with van der Waals surface area (Å²) in [5, 5.41) is 26.1. The van der Waals surface area contributed by atoms with Crippen LogP contribution in [0.1, 0.15) is 11.7 Å². The molecule has 0 bridgehead atoms. The molecule has 1 aliphatic rings. The molecule has 9 nitrogen and oxygen atoms in total. The second-order valence-corrected chi connectivity index (χ2v) is 3.83. The first kappa shape index (κ1) is 16.8. The second-order valence-electron chi connectivity index (χ2n) is 3.83. The van der Waals surface area contributed by atoms with Crippen LogP contribution < -0.4 is 10.6 Å². The van der Waals surface area contributed by atoms with E-state index >= 15 is 0 Å². The van der Waals surface area contributed by atoms with Gasteiger partial charge in [0.15, 0.2) is 0 Å². The number of hydrogen-bond acceptors (Lipinski definition) is 5. The first-order valence-corrected chi connectivity index (χ1v) is 4.96. The van der Waals surface area contributed by atoms with Crippen LogP contribution in [-0.2, 0) is 0 Å². The molecule has 0 radical (unpaired) electrons. The predicted octanol–water partition coefficient (Wildman–Crippen LogP) is -0.612. The molecule has 0 saturated heterocycles. The molecule has 1 atom stereocenters. The standard InChI is InChI=1S/C10H12N4O3.2H2O/c1-14-4-9(16)5-2-6(12-13-10(11)17)8(15)3-7(5)14;;/h2-3,9,15-16H,4H2,1H3,(H2,11,17);2*1H2. The van der Waals surface area contributed by atoms with Gasteiger partial charge in [-0.3, -0.25) is 0 Å². The number of aromatic hydroxyl groups is 1. The Morgan fingerprint density at radius 2 is 2.11 bits per heavy atom. The number of phenolic OH excluding ortho intramolecular Hbond substituents is 1. The summed E-state index contributed by atoms with van der Waals surface area (Å²) >= 11 is 0. The second kappa shape index (κ2) is 6.09. The monoisotopic (exact) mass is 272 g/mol. The Labute approximate surface area is 108 Å². The molecular weight excluding hydrogens is 256 g/mol. The number of primary amides is 1. The number of hydrogen-bond donors (Lipinski definition) is 3. The SMILES string of the molecule is CN1CC(O)c2cc(N=NC(N)=O)c(O)cc21.O.O. The predicted molar refractivity (Wildman–Crippen MR) is 67.7 cm³/mol. The number of likely N-dealkylation sites (N-methyl/N-ethyl adjacent to an activating group) is 1. The zero-order valence-corrected chi connectivity index (χ0v) is 10.2. The minimum absolute atomic E-state index is 0. The number of amides is 2. The third-order valence-corrected chi connectivity index (χ3v) is 2.60. The van der Waals surface area contributed by atoms with Crippen LogP contribution >= 0.6 is 0 Å². The van der Waals surface area contributed by atoms with Crippen molar-refractivity contribution in [1.82, 2.24) is 0 Å². The average molecular weight is 272 g/mol. The molecule has 2 amide bonds. The lowest BCUT2D eigenvalue weighted by Crippen LogP contribution is -2.14. The number of aliphatic hydroxyl groups excluding tert-OH is 1. The number of carbonyl (C=O) groups excluding carboxylic acids is 1. The first-order chi connectivity index (χ1) is 7.99. The fraction of sp³-hybridized carbons (Fsp3) is 0.300. The fourth-order valence-corrected chi connectivity index (χ4v) is 1.82. The van der Waals surface area contributed by atoms with Gasteiger partial charge in [0.05, 0.1) is 6.10 Å². The molecule has 19 heavy (non-hydrogen) atoms. The summed E-state index contributed by atoms with van der Waals surface area (Å²) < 4.78 is 0. The van der Waals surface area contributed by atoms with Gasteiger partial charge in [0.1, 0.15) is 11.4 Å². The molecule has 0 aliphatic carbocycles. The molecule has 0 fully saturated rings. The molecule has 0 aromatic heterocycles. The maximum Gasteiger partial charge on any atom is 0.356 e. The smallest absolute Gasteiger partial charge is 0.356 e. The minimum atomic E-state index is -0.942. The van der Waals surface area contributed by atoms with Crippen molar-refractivity contribution in [2.45, 2.75) is 6.10 Å². The lowest BCUT2D eigenvalue weighted by Gasteiger charge is -2.11. The molecule has 0 saturated carbocycles. The molecule has 1 aromatic carbocycles. The quantitative estimate of drug-likeness (QED) is 0.578. The van der Waals surface area contributed by atoms with Gasteiger partial charge in [-0.25, -0.2) is 4.79 Å². The topological polar surface area (TPSA) is 175 Å². The third kappa shape index (κ3) is 3.16. The van der Waals surface area contributed by atoms with E-state index in [0.29, 0.717) is 12.1 Å². The molecule has 8 N–H and O–H groups in total. The highest BCUT2D eigenvalue weighted by Gasteiger charge is 2.26. The Balaban J connectivity index is 0.00000162. The van der Waals surface area contributed by atoms with Crippen LogP contribution in [0, 0.1) is 0 Å². The number of urea groups is 1. The molecule has 1 unspecified atom stereocenters. The lowest BCUT2D eigenvalue weighted by atomic mass is 10.1. The van der Waals surface area contributed by atoms with Gasteiger partial charge in [0.2, 0.25) is 0 Å². The number of phenols is 1. The van der Waals surface area contributed by atoms with E-state index in [1.54, 1.807) is 7.05 Å². The van der Waals surface area contributed by atoms with E-state index in [4.69, 9.17) is 5.73 Å². The Morgan fingerprint density at radius 3 is 2.68 bits per heavy atom. The van der Waals surface area contributed by atoms with Crippen molar-refractivity contribution in [2.24, 2.45) is 16.0 Å². The zero-order chi connectivity index (χ0) is 12.6. The van der Waals surface area contributed by atoms with E-state index in [0.717, 1.165) is 5.69 Å². The van der Waals surface area contributed by atoms with Crippen LogP contribution in [0.3, 0.4) is 0 Å². The fourth-order valence-electron chi connectivity index (χ4n) is 1.82. The van der Waals surface area contributed by atoms with E-state index in [1.807, 2.05) is 4.90 Å². The van der Waals surface area contributed by atoms with E-state index in [9.17, 15) is 15.0 Å². The molecular formula is C10H16N4O5. The number of aliphatic hydroxyl groups is 1. The van der Waals surface area contributed by atoms with E-state index in [1.165, 1.54) is 12.1 Å². The molecule has 0 spiro atoms. The van der Waals surface area contributed by atoms with Crippen molar-refractivity contribution in [3.05, 3.63) is 17.7 Å². The van der Waals surface area contributed by atoms with Gasteiger partial charge < -0.3 is 31.8 Å². The zero-order valence-electron chi connectivity index (χ0n) is 10.2. The van der Waals surface area contributed by atoms with Crippen molar-refractivity contribution in [2.75, 3.05) is 18.5 Å². The van der Waals surface area contributed by atoms with Crippen LogP contribution in [0.5, 0.6) is 5.75 Å². The van der Waals surface area contributed by atoms with E-state index < -0.39 is 12.1 Å². The number of azo groups is 1. The number of rotatable bonds is 1. The van der Waals surface area contributed by atoms with Gasteiger partial charge >= 0.3 is 6.03 Å². The highest BCUT2D eigenvalue weighted by atomic mass is 16.3. The van der Waals surface area contributed by atoms with Crippen molar-refractivity contribution in [3.63, 3.8) is 0 Å². The van der Waals surface area contributed by atoms with Crippen LogP contribution in [0.2, 0.25) is 0 Å². The van der Waals surface area contributed by atoms with Crippen LogP contribution in [0.4, 0.5) is 16.2 Å². The van der Waals surface area contributed by atoms with Gasteiger partial charge in [0.25, 0.3) is 0 Å². The van der Waals surface area contributed by atoms with Crippen molar-refractivity contribution >= 4 is 17.4 Å². The Morgan fingerprint density at radius 1 is 1.47 bits per heavy atom. The highest BCUT2D eigenvalue weighted by Crippen LogP contribution is 2.41. The number of β-amino-alcohol motifs (C(OH)–C–C–N with tert-alkyl or cyclic N) is 1. The Hall–Kier alpha value is -2.23. The van der Waals surface area contributed by atoms with E-state index in [-0.39, 0.29) is 22.4 Å². The summed E-state index contributed by atoms with van der Waals surface area (Å²) in [7, 11) is 1.80. The average Bonchev–Trinajstić information content (AvgIpc) is 2.51. The van der Waals surface area contributed by atoms with Gasteiger partial charge in [-0.05, 0) is 6.07 Å². The first-order valence-electron chi connectivity index (χ1n) is 4.96. The summed E-state index contributed by atoms with van der Waals surface area (Å²) in [4.78, 5) is 12.3. The third-order valence-electron chi connectivity index (χ3n) is 2.60. The Bertz CT molecular complexity index is 505. The molecule has 106 valence electrons. The number of fused-ring (bicyclic) bond motifs is 1. The van der Waals surface area contributed by atoms with Crippen LogP contribution in [-0.4, -0.2) is 40.8 Å². The van der Waals surface area contributed by atoms with Crippen molar-refractivity contribution in [3.8, 4) is 5.75 Å². The molecule has 9 heteroatoms. The van der Waals surface area contributed by atoms with Gasteiger partial charge in [0, 0.05) is 30.9 Å². The largest absolute Gasteiger partial charge is 0.506 e. The minimum Gasteiger partial charge on any atom is -0.506 e. The highest BCUT2D eigenvalue weighted by molar-refractivity contribution is 5.73. The number of carbonyl (C=O) groups is 1. The normalized spacial score (nSPS) is 16.7. The number of anilines is 1. The summed E-state index contributed by atoms with van der Waals surface area (Å²) in [6, 6.07) is 2.02. The number of benzene rings is 1. The van der Waals surface area contributed by atoms with Crippen molar-refractivity contribution < 1.29 is 26.0 Å². The number of nitrogens with two attached hydrogens (primary N) is 1. The summed E-state index contributed by atoms with van der Waals surface area (Å²) in [5.41, 5.74) is 6.29. The summed E-state index contributed by atoms with van der Waals surface area (Å²) in [6.45, 7) is 0.450. The van der Waals surface area contributed by atoms with Gasteiger partial charge in [-0.15, -0.1) is 5.11 Å². The van der Waals surface area contributed by atoms with E-state index in [2.05, 4.69) is 10.2 Å². The van der Waals surface area contributed by atoms with Gasteiger partial charge in [-0.2, -0.15) is 0 Å². The van der Waals surface area contributed by atoms with Crippen molar-refractivity contribution in [1.29, 1.82) is 0 Å². The number of nitrogens with zero attached hydrogens (tertiary/aromatic N) is 3. The van der Waals surface area contributed by atoms with Crippen LogP contribution in [0.15, 0.2) is 22.4 Å². The van der Waals surface area contributed by atoms with Crippen LogP contribution in [0.25, 0.3) is 0 Å². The molecule has 1 aromatic rings. The molecule has 1 aliphatic heterocycles. The summed E-state index contributed by atoms with van der Waals surface area (Å²) in [6.07, 6.45) is -0.641. The maximum absolute atomic E-state index is 10.5.